The van der Waals surface area contributed by atoms with E-state index >= 15 is 0 Å². The molecule has 2 aromatic carbocycles. The highest BCUT2D eigenvalue weighted by molar-refractivity contribution is 5.71. The molecule has 202 valence electrons. The topological polar surface area (TPSA) is 106 Å². The quantitative estimate of drug-likeness (QED) is 0.225. The van der Waals surface area contributed by atoms with E-state index in [1.165, 1.54) is 42.5 Å². The number of benzene rings is 2. The minimum atomic E-state index is 0.356. The normalized spacial score (nSPS) is 16.6. The summed E-state index contributed by atoms with van der Waals surface area (Å²) in [5, 5.41) is 20.8. The maximum atomic E-state index is 6.01. The van der Waals surface area contributed by atoms with E-state index in [1.807, 2.05) is 24.3 Å². The zero-order valence-corrected chi connectivity index (χ0v) is 22.9. The molecule has 2 heterocycles. The van der Waals surface area contributed by atoms with Gasteiger partial charge in [0, 0.05) is 23.0 Å². The van der Waals surface area contributed by atoms with Gasteiger partial charge in [-0.1, -0.05) is 31.1 Å². The molecule has 1 atom stereocenters. The van der Waals surface area contributed by atoms with Gasteiger partial charge in [0.15, 0.2) is 5.69 Å². The molecule has 3 N–H and O–H groups in total. The molecule has 0 saturated heterocycles. The van der Waals surface area contributed by atoms with Crippen molar-refractivity contribution in [2.45, 2.75) is 71.3 Å². The fourth-order valence-electron chi connectivity index (χ4n) is 6.19. The highest BCUT2D eigenvalue weighted by Gasteiger charge is 2.22. The summed E-state index contributed by atoms with van der Waals surface area (Å²) in [5.74, 6) is 0.364. The number of rotatable bonds is 7. The number of nitrogen functional groups attached to an aromatic ring is 1. The first-order valence-corrected chi connectivity index (χ1v) is 14.3. The summed E-state index contributed by atoms with van der Waals surface area (Å²) in [7, 11) is 0. The van der Waals surface area contributed by atoms with Crippen LogP contribution in [0.2, 0.25) is 0 Å². The third-order valence-electron chi connectivity index (χ3n) is 8.18. The van der Waals surface area contributed by atoms with E-state index in [1.54, 1.807) is 0 Å². The summed E-state index contributed by atoms with van der Waals surface area (Å²) >= 11 is 0. The second-order valence-corrected chi connectivity index (χ2v) is 10.8. The Labute approximate surface area is 230 Å². The molecule has 4 aromatic rings. The van der Waals surface area contributed by atoms with Gasteiger partial charge in [-0.15, -0.1) is 15.3 Å². The Morgan fingerprint density at radius 1 is 0.872 bits per heavy atom. The van der Waals surface area contributed by atoms with E-state index in [2.05, 4.69) is 62.7 Å². The Hall–Kier alpha value is -3.78. The van der Waals surface area contributed by atoms with Crippen LogP contribution in [0.1, 0.15) is 61.8 Å². The lowest BCUT2D eigenvalue weighted by Crippen LogP contribution is -2.36. The molecular weight excluding hydrogens is 486 g/mol. The van der Waals surface area contributed by atoms with Crippen LogP contribution in [-0.2, 0) is 25.7 Å². The third kappa shape index (κ3) is 5.39. The SMILES string of the molecule is CCCN(CC)C1CCc2ccc(Nc3nnc(-c4cc5c(nn4)-c4ccc(N)cc4CCC5)o3)cc2CC1. The Morgan fingerprint density at radius 2 is 1.72 bits per heavy atom. The molecule has 39 heavy (non-hydrogen) atoms. The minimum absolute atomic E-state index is 0.356. The van der Waals surface area contributed by atoms with Crippen LogP contribution in [0.5, 0.6) is 0 Å². The van der Waals surface area contributed by atoms with Crippen molar-refractivity contribution in [3.05, 3.63) is 64.7 Å². The third-order valence-corrected chi connectivity index (χ3v) is 8.18. The Bertz CT molecular complexity index is 1460. The van der Waals surface area contributed by atoms with Gasteiger partial charge in [0.05, 0.1) is 5.69 Å². The molecule has 0 radical (unpaired) electrons. The largest absolute Gasteiger partial charge is 0.401 e. The molecular formula is C31H37N7O. The summed E-state index contributed by atoms with van der Waals surface area (Å²) in [6.45, 7) is 6.85. The lowest BCUT2D eigenvalue weighted by Gasteiger charge is -2.29. The first-order valence-electron chi connectivity index (χ1n) is 14.3. The lowest BCUT2D eigenvalue weighted by atomic mass is 10.0. The standard InChI is InChI=1S/C31H37N7O/c1-3-16-38(4-2)26-13-9-20-8-12-25(18-21(20)10-14-26)33-31-37-36-30(39-31)28-19-23-7-5-6-22-17-24(32)11-15-27(22)29(23)35-34-28/h8,11-12,15,17-19,26H,3-7,9-10,13-14,16,32H2,1-2H3,(H,33,37). The molecule has 2 aliphatic rings. The minimum Gasteiger partial charge on any atom is -0.401 e. The van der Waals surface area contributed by atoms with Gasteiger partial charge in [-0.2, -0.15) is 0 Å². The molecule has 0 spiro atoms. The summed E-state index contributed by atoms with van der Waals surface area (Å²) in [6, 6.07) is 15.7. The van der Waals surface area contributed by atoms with Crippen LogP contribution < -0.4 is 11.1 Å². The van der Waals surface area contributed by atoms with Crippen LogP contribution >= 0.6 is 0 Å². The highest BCUT2D eigenvalue weighted by atomic mass is 16.4. The van der Waals surface area contributed by atoms with Crippen molar-refractivity contribution in [2.24, 2.45) is 0 Å². The Morgan fingerprint density at radius 3 is 2.56 bits per heavy atom. The van der Waals surface area contributed by atoms with Gasteiger partial charge in [-0.3, -0.25) is 0 Å². The van der Waals surface area contributed by atoms with Gasteiger partial charge in [-0.25, -0.2) is 0 Å². The second kappa shape index (κ2) is 11.1. The van der Waals surface area contributed by atoms with Gasteiger partial charge in [0.2, 0.25) is 0 Å². The van der Waals surface area contributed by atoms with Crippen molar-refractivity contribution in [1.29, 1.82) is 0 Å². The van der Waals surface area contributed by atoms with Crippen LogP contribution in [0.4, 0.5) is 17.4 Å². The summed E-state index contributed by atoms with van der Waals surface area (Å²) in [4.78, 5) is 2.64. The predicted octanol–water partition coefficient (Wildman–Crippen LogP) is 5.99. The monoisotopic (exact) mass is 523 g/mol. The van der Waals surface area contributed by atoms with Gasteiger partial charge in [-0.05, 0) is 117 Å². The van der Waals surface area contributed by atoms with E-state index in [0.29, 0.717) is 23.6 Å². The maximum absolute atomic E-state index is 6.01. The first-order chi connectivity index (χ1) is 19.1. The van der Waals surface area contributed by atoms with Crippen molar-refractivity contribution in [3.8, 4) is 22.8 Å². The summed E-state index contributed by atoms with van der Waals surface area (Å²) in [5.41, 5.74) is 15.6. The zero-order valence-electron chi connectivity index (χ0n) is 22.9. The van der Waals surface area contributed by atoms with Gasteiger partial charge in [0.1, 0.15) is 0 Å². The molecule has 0 amide bonds. The molecule has 0 aliphatic heterocycles. The molecule has 0 saturated carbocycles. The number of hydrogen-bond acceptors (Lipinski definition) is 8. The second-order valence-electron chi connectivity index (χ2n) is 10.8. The average molecular weight is 524 g/mol. The molecule has 0 fully saturated rings. The highest BCUT2D eigenvalue weighted by Crippen LogP contribution is 2.34. The number of nitrogens with zero attached hydrogens (tertiary/aromatic N) is 5. The van der Waals surface area contributed by atoms with Crippen molar-refractivity contribution in [1.82, 2.24) is 25.3 Å². The van der Waals surface area contributed by atoms with Gasteiger partial charge < -0.3 is 20.4 Å². The molecule has 6 rings (SSSR count). The molecule has 1 unspecified atom stereocenters. The van der Waals surface area contributed by atoms with E-state index in [0.717, 1.165) is 66.8 Å². The Balaban J connectivity index is 1.17. The van der Waals surface area contributed by atoms with E-state index in [-0.39, 0.29) is 0 Å². The molecule has 0 bridgehead atoms. The Kier molecular flexibility index (Phi) is 7.28. The summed E-state index contributed by atoms with van der Waals surface area (Å²) < 4.78 is 5.98. The van der Waals surface area contributed by atoms with E-state index in [4.69, 9.17) is 10.2 Å². The number of fused-ring (bicyclic) bond motifs is 4. The fourth-order valence-corrected chi connectivity index (χ4v) is 6.19. The van der Waals surface area contributed by atoms with Crippen LogP contribution in [0.3, 0.4) is 0 Å². The van der Waals surface area contributed by atoms with Crippen molar-refractivity contribution in [2.75, 3.05) is 24.1 Å². The molecule has 8 heteroatoms. The van der Waals surface area contributed by atoms with Crippen molar-refractivity contribution in [3.63, 3.8) is 0 Å². The molecule has 2 aromatic heterocycles. The van der Waals surface area contributed by atoms with Crippen molar-refractivity contribution < 1.29 is 4.42 Å². The van der Waals surface area contributed by atoms with E-state index in [9.17, 15) is 0 Å². The molecule has 8 nitrogen and oxygen atoms in total. The zero-order chi connectivity index (χ0) is 26.8. The average Bonchev–Trinajstić information content (AvgIpc) is 3.21. The maximum Gasteiger partial charge on any atom is 0.320 e. The van der Waals surface area contributed by atoms with Crippen LogP contribution in [0, 0.1) is 0 Å². The lowest BCUT2D eigenvalue weighted by molar-refractivity contribution is 0.189. The number of aromatic nitrogens is 4. The smallest absolute Gasteiger partial charge is 0.320 e. The van der Waals surface area contributed by atoms with Crippen LogP contribution in [0.25, 0.3) is 22.8 Å². The van der Waals surface area contributed by atoms with Crippen molar-refractivity contribution >= 4 is 17.4 Å². The number of hydrogen-bond donors (Lipinski definition) is 2. The molecule has 2 aliphatic carbocycles. The fraction of sp³-hybridized carbons (Fsp3) is 0.419. The van der Waals surface area contributed by atoms with E-state index < -0.39 is 0 Å². The van der Waals surface area contributed by atoms with Gasteiger partial charge in [0.25, 0.3) is 5.89 Å². The number of aryl methyl sites for hydroxylation is 4. The van der Waals surface area contributed by atoms with Gasteiger partial charge >= 0.3 is 6.01 Å². The number of anilines is 3. The number of nitrogens with two attached hydrogens (primary N) is 1. The number of nitrogens with one attached hydrogen (secondary N) is 1. The first kappa shape index (κ1) is 25.5. The van der Waals surface area contributed by atoms with Crippen LogP contribution in [-0.4, -0.2) is 44.4 Å². The summed E-state index contributed by atoms with van der Waals surface area (Å²) in [6.07, 6.45) is 8.75. The van der Waals surface area contributed by atoms with Crippen LogP contribution in [0.15, 0.2) is 46.9 Å². The predicted molar refractivity (Wildman–Crippen MR) is 155 cm³/mol.